The molecule has 0 radical (unpaired) electrons. The lowest BCUT2D eigenvalue weighted by Gasteiger charge is -2.12. The molecule has 0 fully saturated rings. The molecule has 0 amide bonds. The van der Waals surface area contributed by atoms with Gasteiger partial charge in [-0.2, -0.15) is 0 Å². The predicted octanol–water partition coefficient (Wildman–Crippen LogP) is 3.59. The zero-order valence-electron chi connectivity index (χ0n) is 14.3. The highest BCUT2D eigenvalue weighted by Gasteiger charge is 2.09. The molecular formula is C19H28N2O. The van der Waals surface area contributed by atoms with Crippen LogP contribution in [0.3, 0.4) is 0 Å². The average molecular weight is 300 g/mol. The van der Waals surface area contributed by atoms with Crippen LogP contribution < -0.4 is 5.32 Å². The standard InChI is InChI=1S/C19H28N2O/c1-15-8-5-6-9-18(15)14-21-16(2)12-19(17(21)3)13-20-10-7-11-22-4/h5-6,8-9,12,20H,7,10-11,13-14H2,1-4H3. The Morgan fingerprint density at radius 2 is 1.86 bits per heavy atom. The Morgan fingerprint density at radius 3 is 2.59 bits per heavy atom. The van der Waals surface area contributed by atoms with Gasteiger partial charge in [-0.05, 0) is 56.5 Å². The van der Waals surface area contributed by atoms with E-state index in [0.717, 1.165) is 32.7 Å². The van der Waals surface area contributed by atoms with Gasteiger partial charge >= 0.3 is 0 Å². The van der Waals surface area contributed by atoms with Crippen LogP contribution in [0.25, 0.3) is 0 Å². The number of aromatic nitrogens is 1. The molecule has 0 spiro atoms. The highest BCUT2D eigenvalue weighted by Crippen LogP contribution is 2.18. The van der Waals surface area contributed by atoms with E-state index in [4.69, 9.17) is 4.74 Å². The first kappa shape index (κ1) is 16.8. The summed E-state index contributed by atoms with van der Waals surface area (Å²) < 4.78 is 7.49. The third-order valence-corrected chi connectivity index (χ3v) is 4.29. The van der Waals surface area contributed by atoms with Crippen molar-refractivity contribution in [1.82, 2.24) is 9.88 Å². The van der Waals surface area contributed by atoms with Crippen molar-refractivity contribution in [1.29, 1.82) is 0 Å². The number of methoxy groups -OCH3 is 1. The minimum absolute atomic E-state index is 0.819. The third kappa shape index (κ3) is 4.21. The summed E-state index contributed by atoms with van der Waals surface area (Å²) in [5, 5.41) is 3.50. The third-order valence-electron chi connectivity index (χ3n) is 4.29. The van der Waals surface area contributed by atoms with E-state index in [2.05, 4.69) is 61.0 Å². The first-order valence-electron chi connectivity index (χ1n) is 8.03. The van der Waals surface area contributed by atoms with Gasteiger partial charge in [0.2, 0.25) is 0 Å². The second-order valence-corrected chi connectivity index (χ2v) is 5.93. The summed E-state index contributed by atoms with van der Waals surface area (Å²) in [6.45, 7) is 10.3. The van der Waals surface area contributed by atoms with Crippen molar-refractivity contribution in [3.63, 3.8) is 0 Å². The maximum absolute atomic E-state index is 5.07. The zero-order valence-corrected chi connectivity index (χ0v) is 14.3. The molecule has 1 aromatic carbocycles. The number of hydrogen-bond acceptors (Lipinski definition) is 2. The molecule has 2 aromatic rings. The fraction of sp³-hybridized carbons (Fsp3) is 0.474. The Morgan fingerprint density at radius 1 is 1.09 bits per heavy atom. The van der Waals surface area contributed by atoms with Crippen LogP contribution in [0.1, 0.15) is 34.5 Å². The van der Waals surface area contributed by atoms with Gasteiger partial charge in [-0.1, -0.05) is 24.3 Å². The summed E-state index contributed by atoms with van der Waals surface area (Å²) >= 11 is 0. The molecule has 3 nitrogen and oxygen atoms in total. The first-order chi connectivity index (χ1) is 10.6. The molecule has 0 saturated carbocycles. The normalized spacial score (nSPS) is 11.1. The van der Waals surface area contributed by atoms with Crippen LogP contribution in [0, 0.1) is 20.8 Å². The van der Waals surface area contributed by atoms with E-state index in [1.165, 1.54) is 28.1 Å². The molecule has 0 bridgehead atoms. The van der Waals surface area contributed by atoms with Crippen molar-refractivity contribution in [2.45, 2.75) is 40.3 Å². The molecule has 0 aliphatic carbocycles. The topological polar surface area (TPSA) is 26.2 Å². The fourth-order valence-corrected chi connectivity index (χ4v) is 2.82. The van der Waals surface area contributed by atoms with E-state index in [9.17, 15) is 0 Å². The van der Waals surface area contributed by atoms with Crippen LogP contribution in [0.2, 0.25) is 0 Å². The van der Waals surface area contributed by atoms with Gasteiger partial charge in [0.25, 0.3) is 0 Å². The number of nitrogens with zero attached hydrogens (tertiary/aromatic N) is 1. The Labute approximate surface area is 134 Å². The van der Waals surface area contributed by atoms with Crippen molar-refractivity contribution in [2.75, 3.05) is 20.3 Å². The van der Waals surface area contributed by atoms with Gasteiger partial charge in [-0.3, -0.25) is 0 Å². The lowest BCUT2D eigenvalue weighted by atomic mass is 10.1. The van der Waals surface area contributed by atoms with Gasteiger partial charge in [0.1, 0.15) is 0 Å². The summed E-state index contributed by atoms with van der Waals surface area (Å²) in [6, 6.07) is 10.9. The molecule has 0 atom stereocenters. The van der Waals surface area contributed by atoms with Crippen molar-refractivity contribution < 1.29 is 4.74 Å². The van der Waals surface area contributed by atoms with Crippen LogP contribution in [0.15, 0.2) is 30.3 Å². The van der Waals surface area contributed by atoms with E-state index in [1.54, 1.807) is 7.11 Å². The van der Waals surface area contributed by atoms with E-state index >= 15 is 0 Å². The van der Waals surface area contributed by atoms with E-state index in [-0.39, 0.29) is 0 Å². The predicted molar refractivity (Wildman–Crippen MR) is 92.4 cm³/mol. The van der Waals surface area contributed by atoms with Crippen LogP contribution in [0.5, 0.6) is 0 Å². The highest BCUT2D eigenvalue weighted by atomic mass is 16.5. The zero-order chi connectivity index (χ0) is 15.9. The minimum atomic E-state index is 0.819. The molecule has 1 aromatic heterocycles. The summed E-state index contributed by atoms with van der Waals surface area (Å²) in [6.07, 6.45) is 1.05. The van der Waals surface area contributed by atoms with Crippen LogP contribution >= 0.6 is 0 Å². The molecule has 0 saturated heterocycles. The van der Waals surface area contributed by atoms with Crippen LogP contribution in [0.4, 0.5) is 0 Å². The van der Waals surface area contributed by atoms with Crippen molar-refractivity contribution >= 4 is 0 Å². The average Bonchev–Trinajstić information content (AvgIpc) is 2.77. The minimum Gasteiger partial charge on any atom is -0.385 e. The molecule has 0 aliphatic rings. The Balaban J connectivity index is 2.02. The molecule has 3 heteroatoms. The SMILES string of the molecule is COCCCNCc1cc(C)n(Cc2ccccc2C)c1C. The molecule has 22 heavy (non-hydrogen) atoms. The molecular weight excluding hydrogens is 272 g/mol. The Hall–Kier alpha value is -1.58. The summed E-state index contributed by atoms with van der Waals surface area (Å²) in [4.78, 5) is 0. The van der Waals surface area contributed by atoms with Crippen molar-refractivity contribution in [2.24, 2.45) is 0 Å². The maximum atomic E-state index is 5.07. The molecule has 1 heterocycles. The number of aryl methyl sites for hydroxylation is 2. The Kier molecular flexibility index (Phi) is 6.22. The molecule has 0 unspecified atom stereocenters. The number of ether oxygens (including phenoxy) is 1. The van der Waals surface area contributed by atoms with Crippen LogP contribution in [-0.2, 0) is 17.8 Å². The highest BCUT2D eigenvalue weighted by molar-refractivity contribution is 5.31. The molecule has 2 rings (SSSR count). The molecule has 0 aliphatic heterocycles. The Bertz CT molecular complexity index is 601. The number of nitrogens with one attached hydrogen (secondary N) is 1. The maximum Gasteiger partial charge on any atom is 0.0477 e. The molecule has 120 valence electrons. The van der Waals surface area contributed by atoms with Gasteiger partial charge < -0.3 is 14.6 Å². The quantitative estimate of drug-likeness (QED) is 0.754. The monoisotopic (exact) mass is 300 g/mol. The van der Waals surface area contributed by atoms with E-state index < -0.39 is 0 Å². The van der Waals surface area contributed by atoms with Crippen LogP contribution in [-0.4, -0.2) is 24.8 Å². The summed E-state index contributed by atoms with van der Waals surface area (Å²) in [5.41, 5.74) is 6.83. The van der Waals surface area contributed by atoms with Gasteiger partial charge in [-0.25, -0.2) is 0 Å². The number of rotatable bonds is 8. The smallest absolute Gasteiger partial charge is 0.0477 e. The van der Waals surface area contributed by atoms with E-state index in [1.807, 2.05) is 0 Å². The van der Waals surface area contributed by atoms with Gasteiger partial charge in [0, 0.05) is 38.2 Å². The lowest BCUT2D eigenvalue weighted by Crippen LogP contribution is -2.16. The summed E-state index contributed by atoms with van der Waals surface area (Å²) in [7, 11) is 1.75. The second kappa shape index (κ2) is 8.16. The van der Waals surface area contributed by atoms with Gasteiger partial charge in [0.05, 0.1) is 0 Å². The first-order valence-corrected chi connectivity index (χ1v) is 8.03. The number of hydrogen-bond donors (Lipinski definition) is 1. The van der Waals surface area contributed by atoms with Crippen molar-refractivity contribution in [3.05, 3.63) is 58.4 Å². The van der Waals surface area contributed by atoms with Crippen molar-refractivity contribution in [3.8, 4) is 0 Å². The van der Waals surface area contributed by atoms with E-state index in [0.29, 0.717) is 0 Å². The molecule has 1 N–H and O–H groups in total. The largest absolute Gasteiger partial charge is 0.385 e. The van der Waals surface area contributed by atoms with Gasteiger partial charge in [0.15, 0.2) is 0 Å². The number of benzene rings is 1. The second-order valence-electron chi connectivity index (χ2n) is 5.93. The fourth-order valence-electron chi connectivity index (χ4n) is 2.82. The summed E-state index contributed by atoms with van der Waals surface area (Å²) in [5.74, 6) is 0. The lowest BCUT2D eigenvalue weighted by molar-refractivity contribution is 0.194. The van der Waals surface area contributed by atoms with Gasteiger partial charge in [-0.15, -0.1) is 0 Å².